The first-order chi connectivity index (χ1) is 7.13. The third kappa shape index (κ3) is 4.18. The summed E-state index contributed by atoms with van der Waals surface area (Å²) < 4.78 is 12.8. The van der Waals surface area contributed by atoms with Crippen molar-refractivity contribution < 1.29 is 9.18 Å². The van der Waals surface area contributed by atoms with Crippen LogP contribution >= 0.6 is 27.5 Å². The minimum Gasteiger partial charge on any atom is -0.352 e. The van der Waals surface area contributed by atoms with E-state index in [2.05, 4.69) is 21.2 Å². The second-order valence-electron chi connectivity index (χ2n) is 2.96. The number of carbonyl (C=O) groups is 1. The summed E-state index contributed by atoms with van der Waals surface area (Å²) in [5, 5.41) is 3.40. The van der Waals surface area contributed by atoms with Crippen molar-refractivity contribution in [3.8, 4) is 0 Å². The first-order valence-corrected chi connectivity index (χ1v) is 5.90. The van der Waals surface area contributed by atoms with E-state index in [1.165, 1.54) is 12.1 Å². The molecule has 0 heterocycles. The average Bonchev–Trinajstić information content (AvgIpc) is 2.20. The smallest absolute Gasteiger partial charge is 0.221 e. The summed E-state index contributed by atoms with van der Waals surface area (Å²) in [5.74, 6) is -0.500. The van der Waals surface area contributed by atoms with Gasteiger partial charge in [0.1, 0.15) is 5.82 Å². The summed E-state index contributed by atoms with van der Waals surface area (Å²) >= 11 is 8.76. The predicted octanol–water partition coefficient (Wildman–Crippen LogP) is 2.88. The third-order valence-electron chi connectivity index (χ3n) is 1.80. The Labute approximate surface area is 101 Å². The molecule has 0 fully saturated rings. The van der Waals surface area contributed by atoms with E-state index in [0.29, 0.717) is 18.3 Å². The van der Waals surface area contributed by atoms with E-state index in [-0.39, 0.29) is 10.9 Å². The van der Waals surface area contributed by atoms with Crippen LogP contribution in [-0.2, 0) is 11.3 Å². The first-order valence-electron chi connectivity index (χ1n) is 4.40. The van der Waals surface area contributed by atoms with Gasteiger partial charge in [-0.2, -0.15) is 0 Å². The lowest BCUT2D eigenvalue weighted by molar-refractivity contribution is -0.120. The topological polar surface area (TPSA) is 29.1 Å². The average molecular weight is 295 g/mol. The number of benzene rings is 1. The predicted molar refractivity (Wildman–Crippen MR) is 61.7 cm³/mol. The molecular formula is C10H10BrClFNO. The van der Waals surface area contributed by atoms with Crippen LogP contribution in [0.5, 0.6) is 0 Å². The van der Waals surface area contributed by atoms with Crippen LogP contribution in [0, 0.1) is 5.82 Å². The van der Waals surface area contributed by atoms with Crippen molar-refractivity contribution in [2.24, 2.45) is 0 Å². The zero-order valence-corrected chi connectivity index (χ0v) is 10.2. The van der Waals surface area contributed by atoms with E-state index in [1.54, 1.807) is 6.07 Å². The third-order valence-corrected chi connectivity index (χ3v) is 2.48. The van der Waals surface area contributed by atoms with E-state index in [0.717, 1.165) is 5.56 Å². The Morgan fingerprint density at radius 1 is 1.53 bits per heavy atom. The highest BCUT2D eigenvalue weighted by Gasteiger charge is 2.03. The lowest BCUT2D eigenvalue weighted by Crippen LogP contribution is -2.22. The molecule has 1 aromatic carbocycles. The SMILES string of the molecule is O=C(CCBr)NCc1ccc(F)c(Cl)c1. The molecule has 82 valence electrons. The Balaban J connectivity index is 2.51. The maximum absolute atomic E-state index is 12.8. The molecule has 1 amide bonds. The van der Waals surface area contributed by atoms with Gasteiger partial charge in [-0.05, 0) is 17.7 Å². The highest BCUT2D eigenvalue weighted by molar-refractivity contribution is 9.09. The van der Waals surface area contributed by atoms with Crippen molar-refractivity contribution in [2.75, 3.05) is 5.33 Å². The highest BCUT2D eigenvalue weighted by Crippen LogP contribution is 2.15. The Hall–Kier alpha value is -0.610. The molecule has 1 N–H and O–H groups in total. The maximum Gasteiger partial charge on any atom is 0.221 e. The summed E-state index contributed by atoms with van der Waals surface area (Å²) in [7, 11) is 0. The van der Waals surface area contributed by atoms with Crippen LogP contribution in [0.15, 0.2) is 18.2 Å². The first kappa shape index (κ1) is 12.5. The molecule has 0 aliphatic carbocycles. The maximum atomic E-state index is 12.8. The van der Waals surface area contributed by atoms with Crippen LogP contribution in [0.3, 0.4) is 0 Å². The molecule has 0 saturated carbocycles. The number of alkyl halides is 1. The largest absolute Gasteiger partial charge is 0.352 e. The standard InChI is InChI=1S/C10H10BrClFNO/c11-4-3-10(15)14-6-7-1-2-9(13)8(12)5-7/h1-2,5H,3-4,6H2,(H,14,15). The highest BCUT2D eigenvalue weighted by atomic mass is 79.9. The molecule has 1 aromatic rings. The molecule has 15 heavy (non-hydrogen) atoms. The van der Waals surface area contributed by atoms with Crippen molar-refractivity contribution in [1.82, 2.24) is 5.32 Å². The van der Waals surface area contributed by atoms with Gasteiger partial charge in [-0.3, -0.25) is 4.79 Å². The molecule has 0 bridgehead atoms. The summed E-state index contributed by atoms with van der Waals surface area (Å²) in [6.45, 7) is 0.367. The monoisotopic (exact) mass is 293 g/mol. The van der Waals surface area contributed by atoms with Gasteiger partial charge < -0.3 is 5.32 Å². The van der Waals surface area contributed by atoms with Crippen LogP contribution in [0.4, 0.5) is 4.39 Å². The number of halogens is 3. The molecular weight excluding hydrogens is 284 g/mol. The molecule has 0 aliphatic heterocycles. The van der Waals surface area contributed by atoms with Gasteiger partial charge >= 0.3 is 0 Å². The number of amides is 1. The molecule has 0 radical (unpaired) electrons. The second kappa shape index (κ2) is 6.08. The number of rotatable bonds is 4. The minimum absolute atomic E-state index is 0.0488. The number of nitrogens with one attached hydrogen (secondary N) is 1. The van der Waals surface area contributed by atoms with Crippen molar-refractivity contribution in [3.05, 3.63) is 34.6 Å². The van der Waals surface area contributed by atoms with Crippen LogP contribution in [0.2, 0.25) is 5.02 Å². The van der Waals surface area contributed by atoms with Crippen LogP contribution < -0.4 is 5.32 Å². The van der Waals surface area contributed by atoms with Crippen molar-refractivity contribution in [1.29, 1.82) is 0 Å². The normalized spacial score (nSPS) is 10.1. The molecule has 1 rings (SSSR count). The molecule has 5 heteroatoms. The number of hydrogen-bond acceptors (Lipinski definition) is 1. The van der Waals surface area contributed by atoms with Crippen LogP contribution in [-0.4, -0.2) is 11.2 Å². The van der Waals surface area contributed by atoms with E-state index >= 15 is 0 Å². The van der Waals surface area contributed by atoms with Crippen molar-refractivity contribution in [3.63, 3.8) is 0 Å². The van der Waals surface area contributed by atoms with Crippen LogP contribution in [0.1, 0.15) is 12.0 Å². The summed E-state index contributed by atoms with van der Waals surface area (Å²) in [4.78, 5) is 11.1. The Morgan fingerprint density at radius 2 is 2.27 bits per heavy atom. The zero-order valence-electron chi connectivity index (χ0n) is 7.90. The van der Waals surface area contributed by atoms with Gasteiger partial charge in [0.2, 0.25) is 5.91 Å². The van der Waals surface area contributed by atoms with E-state index in [1.807, 2.05) is 0 Å². The molecule has 0 aromatic heterocycles. The fraction of sp³-hybridized carbons (Fsp3) is 0.300. The van der Waals surface area contributed by atoms with Gasteiger partial charge in [0.05, 0.1) is 5.02 Å². The van der Waals surface area contributed by atoms with E-state index in [9.17, 15) is 9.18 Å². The molecule has 0 atom stereocenters. The Bertz CT molecular complexity index is 359. The van der Waals surface area contributed by atoms with E-state index in [4.69, 9.17) is 11.6 Å². The van der Waals surface area contributed by atoms with E-state index < -0.39 is 5.82 Å². The van der Waals surface area contributed by atoms with Gasteiger partial charge in [-0.25, -0.2) is 4.39 Å². The second-order valence-corrected chi connectivity index (χ2v) is 4.16. The minimum atomic E-state index is -0.452. The van der Waals surface area contributed by atoms with Gasteiger partial charge in [-0.1, -0.05) is 33.6 Å². The number of hydrogen-bond donors (Lipinski definition) is 1. The summed E-state index contributed by atoms with van der Waals surface area (Å²) in [6, 6.07) is 4.38. The molecule has 2 nitrogen and oxygen atoms in total. The van der Waals surface area contributed by atoms with Crippen molar-refractivity contribution in [2.45, 2.75) is 13.0 Å². The lowest BCUT2D eigenvalue weighted by Gasteiger charge is -2.04. The van der Waals surface area contributed by atoms with Gasteiger partial charge in [0.25, 0.3) is 0 Å². The Morgan fingerprint density at radius 3 is 2.87 bits per heavy atom. The van der Waals surface area contributed by atoms with Crippen molar-refractivity contribution >= 4 is 33.4 Å². The fourth-order valence-electron chi connectivity index (χ4n) is 1.02. The van der Waals surface area contributed by atoms with Crippen LogP contribution in [0.25, 0.3) is 0 Å². The lowest BCUT2D eigenvalue weighted by atomic mass is 10.2. The molecule has 0 aliphatic rings. The Kier molecular flexibility index (Phi) is 5.05. The van der Waals surface area contributed by atoms with Gasteiger partial charge in [-0.15, -0.1) is 0 Å². The summed E-state index contributed by atoms with van der Waals surface area (Å²) in [5.41, 5.74) is 0.782. The fourth-order valence-corrected chi connectivity index (χ4v) is 1.59. The van der Waals surface area contributed by atoms with Gasteiger partial charge in [0, 0.05) is 18.3 Å². The van der Waals surface area contributed by atoms with Gasteiger partial charge in [0.15, 0.2) is 0 Å². The molecule has 0 unspecified atom stereocenters. The zero-order chi connectivity index (χ0) is 11.3. The number of carbonyl (C=O) groups excluding carboxylic acids is 1. The molecule has 0 saturated heterocycles. The summed E-state index contributed by atoms with van der Waals surface area (Å²) in [6.07, 6.45) is 0.426. The molecule has 0 spiro atoms. The quantitative estimate of drug-likeness (QED) is 0.850.